The van der Waals surface area contributed by atoms with Crippen molar-refractivity contribution in [3.8, 4) is 0 Å². The van der Waals surface area contributed by atoms with Gasteiger partial charge in [0, 0.05) is 6.54 Å². The lowest BCUT2D eigenvalue weighted by molar-refractivity contribution is -0.152. The molecule has 39 heavy (non-hydrogen) atoms. The first kappa shape index (κ1) is 27.5. The first-order valence-corrected chi connectivity index (χ1v) is 17.3. The summed E-state index contributed by atoms with van der Waals surface area (Å²) in [4.78, 5) is 0. The molecule has 0 aromatic heterocycles. The van der Waals surface area contributed by atoms with Crippen LogP contribution in [0.5, 0.6) is 0 Å². The molecule has 2 saturated heterocycles. The lowest BCUT2D eigenvalue weighted by Crippen LogP contribution is -2.70. The topological polar surface area (TPSA) is 122 Å². The van der Waals surface area contributed by atoms with Crippen LogP contribution in [-0.2, 0) is 19.5 Å². The van der Waals surface area contributed by atoms with Gasteiger partial charge in [-0.1, -0.05) is 27.7 Å². The lowest BCUT2D eigenvalue weighted by Gasteiger charge is -2.63. The summed E-state index contributed by atoms with van der Waals surface area (Å²) in [7, 11) is -3.40. The fourth-order valence-electron chi connectivity index (χ4n) is 12.3. The van der Waals surface area contributed by atoms with Gasteiger partial charge in [-0.05, 0) is 96.7 Å². The molecule has 2 heterocycles. The monoisotopic (exact) mass is 566 g/mol. The van der Waals surface area contributed by atoms with Crippen molar-refractivity contribution in [2.75, 3.05) is 26.0 Å². The molecule has 4 N–H and O–H groups in total. The van der Waals surface area contributed by atoms with Crippen LogP contribution in [-0.4, -0.2) is 84.9 Å². The molecule has 7 fully saturated rings. The molecule has 0 aromatic rings. The number of fused-ring (bicyclic) bond motifs is 4. The smallest absolute Gasteiger partial charge is 0.211 e. The summed E-state index contributed by atoms with van der Waals surface area (Å²) in [5.41, 5.74) is 7.01. The van der Waals surface area contributed by atoms with Gasteiger partial charge in [0.1, 0.15) is 0 Å². The Morgan fingerprint density at radius 2 is 1.67 bits per heavy atom. The number of hydrogen-bond donors (Lipinski definition) is 3. The average Bonchev–Trinajstić information content (AvgIpc) is 3.45. The maximum Gasteiger partial charge on any atom is 0.211 e. The summed E-state index contributed by atoms with van der Waals surface area (Å²) in [6.45, 7) is 10.3. The molecule has 2 aliphatic heterocycles. The highest BCUT2D eigenvalue weighted by Gasteiger charge is 2.85. The molecule has 222 valence electrons. The molecule has 0 bridgehead atoms. The average molecular weight is 567 g/mol. The Balaban J connectivity index is 1.19. The van der Waals surface area contributed by atoms with Crippen molar-refractivity contribution >= 4 is 10.0 Å². The van der Waals surface area contributed by atoms with Crippen molar-refractivity contribution in [2.45, 2.75) is 115 Å². The third kappa shape index (κ3) is 3.25. The molecule has 0 aromatic carbocycles. The van der Waals surface area contributed by atoms with Crippen LogP contribution >= 0.6 is 0 Å². The minimum atomic E-state index is -3.40. The van der Waals surface area contributed by atoms with Crippen LogP contribution in [0, 0.1) is 45.3 Å². The van der Waals surface area contributed by atoms with Crippen molar-refractivity contribution in [1.82, 2.24) is 4.31 Å². The van der Waals surface area contributed by atoms with Crippen LogP contribution in [0.4, 0.5) is 0 Å². The highest BCUT2D eigenvalue weighted by Crippen LogP contribution is 2.87. The third-order valence-corrected chi connectivity index (χ3v) is 15.5. The van der Waals surface area contributed by atoms with E-state index in [0.717, 1.165) is 44.9 Å². The molecule has 7 rings (SSSR count). The molecule has 7 unspecified atom stereocenters. The van der Waals surface area contributed by atoms with Gasteiger partial charge in [0.05, 0.1) is 55.5 Å². The SMILES string of the molecule is C[C@@H]1CC(CN(C2COC2)S(C)(=O)=O)OC2[C@H]1C1(C)CCC34CC35CCC(O)C(C)(C)[C@@H]5CCC4[C@]1(N)[C@H]2O. The molecule has 0 amide bonds. The minimum absolute atomic E-state index is 0.0840. The van der Waals surface area contributed by atoms with Gasteiger partial charge in [-0.25, -0.2) is 8.42 Å². The second-order valence-electron chi connectivity index (χ2n) is 15.8. The standard InChI is InChI=1S/C30H50N2O6S/c1-17-12-19(13-32(39(5,35)36)18-14-37-15-18)38-24-23(17)27(4)10-11-29-16-28(29)9-8-22(33)26(2,3)20(28)6-7-21(29)30(27,31)25(24)34/h17-25,33-34H,6-16,31H2,1-5H3/t17-,19?,20+,21?,22?,23+,24?,25+,27?,28?,29?,30+/m1/s1. The Bertz CT molecular complexity index is 1140. The first-order valence-electron chi connectivity index (χ1n) is 15.5. The van der Waals surface area contributed by atoms with Gasteiger partial charge in [-0.2, -0.15) is 4.31 Å². The number of hydrogen-bond acceptors (Lipinski definition) is 7. The highest BCUT2D eigenvalue weighted by molar-refractivity contribution is 7.88. The van der Waals surface area contributed by atoms with E-state index in [4.69, 9.17) is 15.2 Å². The van der Waals surface area contributed by atoms with E-state index < -0.39 is 21.7 Å². The molecule has 2 spiro atoms. The maximum atomic E-state index is 12.6. The summed E-state index contributed by atoms with van der Waals surface area (Å²) < 4.78 is 38.8. The lowest BCUT2D eigenvalue weighted by atomic mass is 9.43. The molecule has 7 aliphatic rings. The van der Waals surface area contributed by atoms with Crippen LogP contribution in [0.2, 0.25) is 0 Å². The summed E-state index contributed by atoms with van der Waals surface area (Å²) >= 11 is 0. The number of sulfonamides is 1. The Morgan fingerprint density at radius 3 is 2.31 bits per heavy atom. The largest absolute Gasteiger partial charge is 0.393 e. The van der Waals surface area contributed by atoms with Crippen LogP contribution in [0.3, 0.4) is 0 Å². The van der Waals surface area contributed by atoms with Crippen molar-refractivity contribution in [2.24, 2.45) is 51.1 Å². The van der Waals surface area contributed by atoms with Crippen molar-refractivity contribution in [3.63, 3.8) is 0 Å². The van der Waals surface area contributed by atoms with E-state index in [9.17, 15) is 18.6 Å². The molecule has 8 nitrogen and oxygen atoms in total. The van der Waals surface area contributed by atoms with E-state index in [1.807, 2.05) is 0 Å². The zero-order chi connectivity index (χ0) is 28.0. The highest BCUT2D eigenvalue weighted by atomic mass is 32.2. The van der Waals surface area contributed by atoms with Crippen molar-refractivity contribution in [1.29, 1.82) is 0 Å². The van der Waals surface area contributed by atoms with Crippen molar-refractivity contribution in [3.05, 3.63) is 0 Å². The quantitative estimate of drug-likeness (QED) is 0.478. The zero-order valence-electron chi connectivity index (χ0n) is 24.4. The summed E-state index contributed by atoms with van der Waals surface area (Å²) in [5.74, 6) is 1.19. The van der Waals surface area contributed by atoms with Gasteiger partial charge in [0.15, 0.2) is 0 Å². The van der Waals surface area contributed by atoms with Gasteiger partial charge < -0.3 is 25.4 Å². The normalized spacial score (nSPS) is 56.0. The number of aliphatic hydroxyl groups is 2. The van der Waals surface area contributed by atoms with Gasteiger partial charge in [0.25, 0.3) is 0 Å². The summed E-state index contributed by atoms with van der Waals surface area (Å²) in [6.07, 6.45) is 7.75. The van der Waals surface area contributed by atoms with Crippen LogP contribution in [0.1, 0.15) is 79.1 Å². The molecular weight excluding hydrogens is 516 g/mol. The minimum Gasteiger partial charge on any atom is -0.393 e. The molecule has 9 heteroatoms. The summed E-state index contributed by atoms with van der Waals surface area (Å²) in [6, 6.07) is -0.134. The predicted octanol–water partition coefficient (Wildman–Crippen LogP) is 2.51. The Kier molecular flexibility index (Phi) is 5.79. The van der Waals surface area contributed by atoms with Gasteiger partial charge in [-0.15, -0.1) is 0 Å². The Morgan fingerprint density at radius 1 is 1.00 bits per heavy atom. The fraction of sp³-hybridized carbons (Fsp3) is 1.00. The second-order valence-corrected chi connectivity index (χ2v) is 17.8. The third-order valence-electron chi connectivity index (χ3n) is 14.2. The van der Waals surface area contributed by atoms with Gasteiger partial charge >= 0.3 is 0 Å². The van der Waals surface area contributed by atoms with E-state index in [1.165, 1.54) is 12.7 Å². The van der Waals surface area contributed by atoms with Gasteiger partial charge in [-0.3, -0.25) is 0 Å². The van der Waals surface area contributed by atoms with Crippen LogP contribution in [0.15, 0.2) is 0 Å². The number of aliphatic hydroxyl groups excluding tert-OH is 2. The number of rotatable bonds is 4. The second kappa shape index (κ2) is 8.20. The number of ether oxygens (including phenoxy) is 2. The predicted molar refractivity (Wildman–Crippen MR) is 147 cm³/mol. The molecule has 12 atom stereocenters. The van der Waals surface area contributed by atoms with E-state index >= 15 is 0 Å². The summed E-state index contributed by atoms with van der Waals surface area (Å²) in [5, 5.41) is 23.1. The Labute approximate surface area is 234 Å². The molecule has 5 saturated carbocycles. The van der Waals surface area contributed by atoms with Crippen molar-refractivity contribution < 1.29 is 28.1 Å². The molecular formula is C30H50N2O6S. The number of nitrogens with two attached hydrogens (primary N) is 1. The molecule has 0 radical (unpaired) electrons. The van der Waals surface area contributed by atoms with E-state index in [-0.39, 0.29) is 63.8 Å². The Hall–Kier alpha value is -0.290. The maximum absolute atomic E-state index is 12.6. The van der Waals surface area contributed by atoms with E-state index in [1.54, 1.807) is 4.31 Å². The fourth-order valence-corrected chi connectivity index (χ4v) is 13.4. The van der Waals surface area contributed by atoms with Crippen LogP contribution < -0.4 is 5.73 Å². The van der Waals surface area contributed by atoms with Gasteiger partial charge in [0.2, 0.25) is 10.0 Å². The molecule has 5 aliphatic carbocycles. The van der Waals surface area contributed by atoms with Crippen LogP contribution in [0.25, 0.3) is 0 Å². The first-order chi connectivity index (χ1) is 18.1. The van der Waals surface area contributed by atoms with E-state index in [2.05, 4.69) is 27.7 Å². The van der Waals surface area contributed by atoms with E-state index in [0.29, 0.717) is 25.7 Å². The zero-order valence-corrected chi connectivity index (χ0v) is 25.3. The number of nitrogens with zero attached hydrogens (tertiary/aromatic N) is 1.